The average molecular weight is 239 g/mol. The van der Waals surface area contributed by atoms with Crippen LogP contribution in [0.2, 0.25) is 0 Å². The predicted molar refractivity (Wildman–Crippen MR) is 63.8 cm³/mol. The van der Waals surface area contributed by atoms with Crippen LogP contribution in [-0.2, 0) is 16.0 Å². The Kier molecular flexibility index (Phi) is 4.07. The van der Waals surface area contributed by atoms with E-state index < -0.39 is 0 Å². The molecule has 1 aliphatic rings. The SMILES string of the molecule is Cc1nc(CC(=O)CC2CCCCO2)cs1. The van der Waals surface area contributed by atoms with Gasteiger partial charge in [-0.3, -0.25) is 4.79 Å². The molecule has 16 heavy (non-hydrogen) atoms. The number of carbonyl (C=O) groups excluding carboxylic acids is 1. The highest BCUT2D eigenvalue weighted by Crippen LogP contribution is 2.17. The third kappa shape index (κ3) is 3.39. The first-order valence-corrected chi connectivity index (χ1v) is 6.66. The number of Topliss-reactive ketones (excluding diaryl/α,β-unsaturated/α-hetero) is 1. The molecule has 1 aliphatic heterocycles. The van der Waals surface area contributed by atoms with Gasteiger partial charge in [0.2, 0.25) is 0 Å². The number of aryl methyl sites for hydroxylation is 1. The normalized spacial score (nSPS) is 20.9. The lowest BCUT2D eigenvalue weighted by Crippen LogP contribution is -2.23. The van der Waals surface area contributed by atoms with E-state index in [1.54, 1.807) is 11.3 Å². The van der Waals surface area contributed by atoms with Gasteiger partial charge in [-0.25, -0.2) is 4.98 Å². The van der Waals surface area contributed by atoms with Gasteiger partial charge >= 0.3 is 0 Å². The van der Waals surface area contributed by atoms with Gasteiger partial charge < -0.3 is 4.74 Å². The Morgan fingerprint density at radius 3 is 3.12 bits per heavy atom. The molecule has 1 aromatic heterocycles. The molecule has 0 aliphatic carbocycles. The Labute approximate surface area is 99.8 Å². The molecule has 0 saturated carbocycles. The van der Waals surface area contributed by atoms with E-state index in [2.05, 4.69) is 4.98 Å². The van der Waals surface area contributed by atoms with Crippen LogP contribution in [0.25, 0.3) is 0 Å². The number of ketones is 1. The first-order chi connectivity index (χ1) is 7.74. The van der Waals surface area contributed by atoms with Crippen molar-refractivity contribution >= 4 is 17.1 Å². The van der Waals surface area contributed by atoms with Gasteiger partial charge in [0.25, 0.3) is 0 Å². The summed E-state index contributed by atoms with van der Waals surface area (Å²) in [4.78, 5) is 16.1. The molecular weight excluding hydrogens is 222 g/mol. The molecule has 0 radical (unpaired) electrons. The molecule has 2 rings (SSSR count). The summed E-state index contributed by atoms with van der Waals surface area (Å²) >= 11 is 1.60. The van der Waals surface area contributed by atoms with Crippen molar-refractivity contribution in [2.45, 2.75) is 45.1 Å². The zero-order chi connectivity index (χ0) is 11.4. The first-order valence-electron chi connectivity index (χ1n) is 5.78. The standard InChI is InChI=1S/C12H17NO2S/c1-9-13-10(8-16-9)6-11(14)7-12-4-2-3-5-15-12/h8,12H,2-7H2,1H3. The Bertz CT molecular complexity index is 356. The summed E-state index contributed by atoms with van der Waals surface area (Å²) < 4.78 is 5.55. The number of nitrogens with zero attached hydrogens (tertiary/aromatic N) is 1. The van der Waals surface area contributed by atoms with Gasteiger partial charge in [0, 0.05) is 24.8 Å². The Morgan fingerprint density at radius 2 is 2.50 bits per heavy atom. The van der Waals surface area contributed by atoms with E-state index in [4.69, 9.17) is 4.74 Å². The molecule has 1 saturated heterocycles. The maximum absolute atomic E-state index is 11.8. The molecule has 1 atom stereocenters. The largest absolute Gasteiger partial charge is 0.378 e. The zero-order valence-electron chi connectivity index (χ0n) is 9.57. The van der Waals surface area contributed by atoms with Crippen LogP contribution < -0.4 is 0 Å². The van der Waals surface area contributed by atoms with Crippen molar-refractivity contribution < 1.29 is 9.53 Å². The fourth-order valence-corrected chi connectivity index (χ4v) is 2.60. The van der Waals surface area contributed by atoms with Crippen molar-refractivity contribution in [2.75, 3.05) is 6.61 Å². The van der Waals surface area contributed by atoms with Gasteiger partial charge in [-0.1, -0.05) is 0 Å². The molecule has 88 valence electrons. The minimum absolute atomic E-state index is 0.154. The lowest BCUT2D eigenvalue weighted by molar-refractivity contribution is -0.122. The van der Waals surface area contributed by atoms with Gasteiger partial charge in [0.05, 0.1) is 16.8 Å². The fraction of sp³-hybridized carbons (Fsp3) is 0.667. The first kappa shape index (κ1) is 11.7. The van der Waals surface area contributed by atoms with E-state index in [1.807, 2.05) is 12.3 Å². The monoisotopic (exact) mass is 239 g/mol. The Balaban J connectivity index is 1.79. The topological polar surface area (TPSA) is 39.2 Å². The maximum Gasteiger partial charge on any atom is 0.141 e. The molecular formula is C12H17NO2S. The van der Waals surface area contributed by atoms with Crippen LogP contribution in [-0.4, -0.2) is 23.5 Å². The quantitative estimate of drug-likeness (QED) is 0.810. The molecule has 0 N–H and O–H groups in total. The fourth-order valence-electron chi connectivity index (χ4n) is 1.99. The van der Waals surface area contributed by atoms with Gasteiger partial charge in [-0.2, -0.15) is 0 Å². The van der Waals surface area contributed by atoms with E-state index >= 15 is 0 Å². The van der Waals surface area contributed by atoms with Gasteiger partial charge in [0.1, 0.15) is 5.78 Å². The molecule has 2 heterocycles. The van der Waals surface area contributed by atoms with Crippen LogP contribution in [0.1, 0.15) is 36.4 Å². The Hall–Kier alpha value is -0.740. The van der Waals surface area contributed by atoms with Crippen LogP contribution in [0.5, 0.6) is 0 Å². The number of aromatic nitrogens is 1. The summed E-state index contributed by atoms with van der Waals surface area (Å²) in [6, 6.07) is 0. The molecule has 1 unspecified atom stereocenters. The second-order valence-corrected chi connectivity index (χ2v) is 5.33. The molecule has 0 amide bonds. The highest BCUT2D eigenvalue weighted by atomic mass is 32.1. The van der Waals surface area contributed by atoms with Crippen LogP contribution in [0.15, 0.2) is 5.38 Å². The number of hydrogen-bond acceptors (Lipinski definition) is 4. The molecule has 0 spiro atoms. The molecule has 0 aromatic carbocycles. The number of ether oxygens (including phenoxy) is 1. The second-order valence-electron chi connectivity index (χ2n) is 4.27. The van der Waals surface area contributed by atoms with Gasteiger partial charge in [0.15, 0.2) is 0 Å². The number of rotatable bonds is 4. The smallest absolute Gasteiger partial charge is 0.141 e. The lowest BCUT2D eigenvalue weighted by atomic mass is 10.0. The minimum atomic E-state index is 0.154. The van der Waals surface area contributed by atoms with Crippen molar-refractivity contribution in [1.82, 2.24) is 4.98 Å². The number of carbonyl (C=O) groups is 1. The van der Waals surface area contributed by atoms with Gasteiger partial charge in [-0.15, -0.1) is 11.3 Å². The van der Waals surface area contributed by atoms with E-state index in [0.717, 1.165) is 30.2 Å². The van der Waals surface area contributed by atoms with Crippen molar-refractivity contribution in [3.05, 3.63) is 16.1 Å². The maximum atomic E-state index is 11.8. The van der Waals surface area contributed by atoms with Crippen LogP contribution >= 0.6 is 11.3 Å². The van der Waals surface area contributed by atoms with E-state index in [9.17, 15) is 4.79 Å². The minimum Gasteiger partial charge on any atom is -0.378 e. The van der Waals surface area contributed by atoms with E-state index in [1.165, 1.54) is 6.42 Å². The molecule has 1 fully saturated rings. The highest BCUT2D eigenvalue weighted by Gasteiger charge is 2.18. The summed E-state index contributed by atoms with van der Waals surface area (Å²) in [5.41, 5.74) is 0.906. The van der Waals surface area contributed by atoms with Crippen molar-refractivity contribution in [3.63, 3.8) is 0 Å². The molecule has 1 aromatic rings. The summed E-state index contributed by atoms with van der Waals surface area (Å²) in [7, 11) is 0. The predicted octanol–water partition coefficient (Wildman–Crippen LogP) is 2.52. The number of hydrogen-bond donors (Lipinski definition) is 0. The van der Waals surface area contributed by atoms with E-state index in [-0.39, 0.29) is 11.9 Å². The van der Waals surface area contributed by atoms with Crippen LogP contribution in [0.4, 0.5) is 0 Å². The molecule has 0 bridgehead atoms. The average Bonchev–Trinajstić information content (AvgIpc) is 2.65. The highest BCUT2D eigenvalue weighted by molar-refractivity contribution is 7.09. The van der Waals surface area contributed by atoms with Crippen molar-refractivity contribution in [3.8, 4) is 0 Å². The molecule has 4 heteroatoms. The van der Waals surface area contributed by atoms with E-state index in [0.29, 0.717) is 12.8 Å². The number of thiazole rings is 1. The third-order valence-corrected chi connectivity index (χ3v) is 3.60. The van der Waals surface area contributed by atoms with Gasteiger partial charge in [-0.05, 0) is 26.2 Å². The van der Waals surface area contributed by atoms with Crippen molar-refractivity contribution in [2.24, 2.45) is 0 Å². The lowest BCUT2D eigenvalue weighted by Gasteiger charge is -2.21. The third-order valence-electron chi connectivity index (χ3n) is 2.77. The summed E-state index contributed by atoms with van der Waals surface area (Å²) in [6.07, 6.45) is 4.52. The van der Waals surface area contributed by atoms with Crippen LogP contribution in [0, 0.1) is 6.92 Å². The Morgan fingerprint density at radius 1 is 1.62 bits per heavy atom. The summed E-state index contributed by atoms with van der Waals surface area (Å²) in [5, 5.41) is 2.99. The van der Waals surface area contributed by atoms with Crippen molar-refractivity contribution in [1.29, 1.82) is 0 Å². The second kappa shape index (κ2) is 5.55. The molecule has 3 nitrogen and oxygen atoms in total. The summed E-state index contributed by atoms with van der Waals surface area (Å²) in [6.45, 7) is 2.77. The van der Waals surface area contributed by atoms with Crippen LogP contribution in [0.3, 0.4) is 0 Å². The zero-order valence-corrected chi connectivity index (χ0v) is 10.4. The summed E-state index contributed by atoms with van der Waals surface area (Å²) in [5.74, 6) is 0.247.